The molecule has 2 aromatic rings. The predicted octanol–water partition coefficient (Wildman–Crippen LogP) is 4.57. The molecule has 0 unspecified atom stereocenters. The van der Waals surface area contributed by atoms with Gasteiger partial charge in [-0.05, 0) is 46.4 Å². The second kappa shape index (κ2) is 7.18. The molecule has 0 radical (unpaired) electrons. The van der Waals surface area contributed by atoms with E-state index in [1.807, 2.05) is 22.6 Å². The van der Waals surface area contributed by atoms with Crippen LogP contribution in [0.5, 0.6) is 0 Å². The third-order valence-corrected chi connectivity index (χ3v) is 4.97. The van der Waals surface area contributed by atoms with Gasteiger partial charge in [0.2, 0.25) is 5.82 Å². The zero-order valence-electron chi connectivity index (χ0n) is 11.7. The average molecular weight is 474 g/mol. The average Bonchev–Trinajstić information content (AvgIpc) is 2.53. The lowest BCUT2D eigenvalue weighted by Crippen LogP contribution is -2.05. The highest BCUT2D eigenvalue weighted by Crippen LogP contribution is 2.24. The first-order chi connectivity index (χ1) is 11.1. The van der Waals surface area contributed by atoms with Crippen LogP contribution in [0.3, 0.4) is 0 Å². The van der Waals surface area contributed by atoms with Gasteiger partial charge in [-0.1, -0.05) is 12.1 Å². The summed E-state index contributed by atoms with van der Waals surface area (Å²) in [6.07, 6.45) is 0.359. The summed E-state index contributed by atoms with van der Waals surface area (Å²) in [5.41, 5.74) is -0.893. The van der Waals surface area contributed by atoms with E-state index < -0.39 is 50.2 Å². The Morgan fingerprint density at radius 1 is 0.833 bits per heavy atom. The molecule has 0 amide bonds. The number of hydrogen-bond acceptors (Lipinski definition) is 2. The van der Waals surface area contributed by atoms with Crippen molar-refractivity contribution in [1.82, 2.24) is 0 Å². The summed E-state index contributed by atoms with van der Waals surface area (Å²) in [5.74, 6) is -11.2. The number of rotatable bonds is 4. The molecule has 0 heterocycles. The van der Waals surface area contributed by atoms with Crippen molar-refractivity contribution in [2.45, 2.75) is 5.75 Å². The van der Waals surface area contributed by atoms with Crippen LogP contribution in [0.2, 0.25) is 0 Å². The molecule has 0 N–H and O–H groups in total. The largest absolute Gasteiger partial charge is 0.224 e. The SMILES string of the molecule is O=S(=O)(/C=C/c1c(F)c(F)c(F)c(F)c1F)Cc1ccc(I)cc1. The number of sulfone groups is 1. The minimum absolute atomic E-state index is 0.359. The van der Waals surface area contributed by atoms with Crippen molar-refractivity contribution in [3.8, 4) is 0 Å². The summed E-state index contributed by atoms with van der Waals surface area (Å²) < 4.78 is 90.7. The van der Waals surface area contributed by atoms with Crippen LogP contribution in [0.15, 0.2) is 29.7 Å². The minimum atomic E-state index is -3.97. The fourth-order valence-electron chi connectivity index (χ4n) is 1.80. The van der Waals surface area contributed by atoms with Crippen LogP contribution in [-0.4, -0.2) is 8.42 Å². The molecule has 0 saturated heterocycles. The van der Waals surface area contributed by atoms with Crippen LogP contribution in [0, 0.1) is 32.7 Å². The zero-order valence-corrected chi connectivity index (χ0v) is 14.6. The van der Waals surface area contributed by atoms with Crippen molar-refractivity contribution in [3.05, 3.63) is 73.5 Å². The molecule has 24 heavy (non-hydrogen) atoms. The predicted molar refractivity (Wildman–Crippen MR) is 87.0 cm³/mol. The molecule has 0 spiro atoms. The summed E-state index contributed by atoms with van der Waals surface area (Å²) in [7, 11) is -3.97. The van der Waals surface area contributed by atoms with Crippen LogP contribution < -0.4 is 0 Å². The van der Waals surface area contributed by atoms with Gasteiger partial charge in [-0.3, -0.25) is 0 Å². The lowest BCUT2D eigenvalue weighted by Gasteiger charge is -2.04. The Hall–Kier alpha value is -1.49. The van der Waals surface area contributed by atoms with Gasteiger partial charge in [0.15, 0.2) is 33.1 Å². The van der Waals surface area contributed by atoms with Gasteiger partial charge in [-0.15, -0.1) is 0 Å². The molecule has 2 rings (SSSR count). The second-order valence-corrected chi connectivity index (χ2v) is 7.85. The van der Waals surface area contributed by atoms with Crippen LogP contribution in [0.1, 0.15) is 11.1 Å². The van der Waals surface area contributed by atoms with E-state index in [0.717, 1.165) is 3.57 Å². The summed E-state index contributed by atoms with van der Waals surface area (Å²) in [6, 6.07) is 6.43. The highest BCUT2D eigenvalue weighted by atomic mass is 127. The van der Waals surface area contributed by atoms with E-state index in [1.54, 1.807) is 24.3 Å². The van der Waals surface area contributed by atoms with Crippen molar-refractivity contribution >= 4 is 38.5 Å². The van der Waals surface area contributed by atoms with E-state index in [-0.39, 0.29) is 0 Å². The molecule has 0 fully saturated rings. The van der Waals surface area contributed by atoms with E-state index in [2.05, 4.69) is 0 Å². The van der Waals surface area contributed by atoms with E-state index in [9.17, 15) is 30.4 Å². The first kappa shape index (κ1) is 18.8. The topological polar surface area (TPSA) is 34.1 Å². The van der Waals surface area contributed by atoms with Gasteiger partial charge in [0.25, 0.3) is 0 Å². The number of hydrogen-bond donors (Lipinski definition) is 0. The van der Waals surface area contributed by atoms with Gasteiger partial charge in [0.1, 0.15) is 0 Å². The molecule has 9 heteroatoms. The second-order valence-electron chi connectivity index (χ2n) is 4.72. The summed E-state index contributed by atoms with van der Waals surface area (Å²) in [4.78, 5) is 0. The lowest BCUT2D eigenvalue weighted by atomic mass is 10.1. The molecule has 2 nitrogen and oxygen atoms in total. The molecular weight excluding hydrogens is 466 g/mol. The Morgan fingerprint density at radius 2 is 1.29 bits per heavy atom. The third kappa shape index (κ3) is 4.12. The van der Waals surface area contributed by atoms with E-state index in [0.29, 0.717) is 17.0 Å². The van der Waals surface area contributed by atoms with Crippen molar-refractivity contribution in [1.29, 1.82) is 0 Å². The first-order valence-electron chi connectivity index (χ1n) is 6.29. The summed E-state index contributed by atoms with van der Waals surface area (Å²) >= 11 is 2.03. The van der Waals surface area contributed by atoms with Crippen molar-refractivity contribution in [2.24, 2.45) is 0 Å². The molecule has 128 valence electrons. The summed E-state index contributed by atoms with van der Waals surface area (Å²) in [5, 5.41) is 0.420. The molecule has 2 aromatic carbocycles. The third-order valence-electron chi connectivity index (χ3n) is 2.97. The highest BCUT2D eigenvalue weighted by molar-refractivity contribution is 14.1. The van der Waals surface area contributed by atoms with Gasteiger partial charge >= 0.3 is 0 Å². The molecule has 0 saturated carbocycles. The fraction of sp³-hybridized carbons (Fsp3) is 0.0667. The monoisotopic (exact) mass is 474 g/mol. The van der Waals surface area contributed by atoms with E-state index in [4.69, 9.17) is 0 Å². The van der Waals surface area contributed by atoms with Crippen molar-refractivity contribution in [3.63, 3.8) is 0 Å². The smallest absolute Gasteiger partial charge is 0.200 e. The van der Waals surface area contributed by atoms with Gasteiger partial charge < -0.3 is 0 Å². The van der Waals surface area contributed by atoms with Crippen LogP contribution >= 0.6 is 22.6 Å². The van der Waals surface area contributed by atoms with Gasteiger partial charge in [-0.2, -0.15) is 0 Å². The Kier molecular flexibility index (Phi) is 5.63. The molecule has 0 atom stereocenters. The molecule has 0 aliphatic heterocycles. The summed E-state index contributed by atoms with van der Waals surface area (Å²) in [6.45, 7) is 0. The van der Waals surface area contributed by atoms with E-state index >= 15 is 0 Å². The standard InChI is InChI=1S/C15H8F5IO2S/c16-11-10(12(17)14(19)15(20)13(11)18)5-6-24(22,23)7-8-1-3-9(21)4-2-8/h1-6H,7H2/b6-5+. The number of benzene rings is 2. The zero-order chi connectivity index (χ0) is 18.1. The quantitative estimate of drug-likeness (QED) is 0.282. The minimum Gasteiger partial charge on any atom is -0.224 e. The van der Waals surface area contributed by atoms with Gasteiger partial charge in [0.05, 0.1) is 11.3 Å². The normalized spacial score (nSPS) is 12.1. The van der Waals surface area contributed by atoms with Gasteiger partial charge in [0, 0.05) is 8.98 Å². The maximum Gasteiger partial charge on any atom is 0.200 e. The Labute approximate surface area is 148 Å². The molecule has 0 aromatic heterocycles. The van der Waals surface area contributed by atoms with Crippen LogP contribution in [0.25, 0.3) is 6.08 Å². The van der Waals surface area contributed by atoms with Crippen molar-refractivity contribution in [2.75, 3.05) is 0 Å². The maximum atomic E-state index is 13.5. The molecule has 0 aliphatic rings. The Balaban J connectivity index is 2.35. The van der Waals surface area contributed by atoms with Crippen molar-refractivity contribution < 1.29 is 30.4 Å². The van der Waals surface area contributed by atoms with Crippen LogP contribution in [-0.2, 0) is 15.6 Å². The first-order valence-corrected chi connectivity index (χ1v) is 9.08. The molecule has 0 bridgehead atoms. The number of halogens is 6. The Morgan fingerprint density at radius 3 is 1.79 bits per heavy atom. The highest BCUT2D eigenvalue weighted by Gasteiger charge is 2.24. The molecule has 0 aliphatic carbocycles. The van der Waals surface area contributed by atoms with Gasteiger partial charge in [-0.25, -0.2) is 30.4 Å². The van der Waals surface area contributed by atoms with Crippen LogP contribution in [0.4, 0.5) is 22.0 Å². The lowest BCUT2D eigenvalue weighted by molar-refractivity contribution is 0.377. The van der Waals surface area contributed by atoms with E-state index in [1.165, 1.54) is 0 Å². The maximum absolute atomic E-state index is 13.5. The Bertz CT molecular complexity index is 879. The molecular formula is C15H8F5IO2S. The fourth-order valence-corrected chi connectivity index (χ4v) is 3.26.